The Hall–Kier alpha value is -2.41. The van der Waals surface area contributed by atoms with Crippen LogP contribution in [0.15, 0.2) is 109 Å². The fourth-order valence-corrected chi connectivity index (χ4v) is 1.27. The standard InChI is InChI=1S/C21H25F/c1-9-16(4)11-13-17(5)19(7)14-21(22)20(8)18(6)12-10-15(2)3/h10-14H,2,4-9H2,1,3H3/b12-10-,13-11-,21-14+. The van der Waals surface area contributed by atoms with Gasteiger partial charge >= 0.3 is 0 Å². The van der Waals surface area contributed by atoms with Crippen LogP contribution < -0.4 is 0 Å². The van der Waals surface area contributed by atoms with Crippen LogP contribution >= 0.6 is 0 Å². The zero-order valence-electron chi connectivity index (χ0n) is 13.7. The van der Waals surface area contributed by atoms with E-state index in [2.05, 4.69) is 39.5 Å². The molecule has 0 rings (SSSR count). The van der Waals surface area contributed by atoms with Crippen molar-refractivity contribution in [2.45, 2.75) is 20.3 Å². The molecule has 0 fully saturated rings. The van der Waals surface area contributed by atoms with Gasteiger partial charge in [0, 0.05) is 5.57 Å². The van der Waals surface area contributed by atoms with E-state index in [1.165, 1.54) is 6.08 Å². The molecule has 0 unspecified atom stereocenters. The molecule has 0 radical (unpaired) electrons. The first-order valence-corrected chi connectivity index (χ1v) is 7.02. The van der Waals surface area contributed by atoms with E-state index in [1.54, 1.807) is 18.2 Å². The van der Waals surface area contributed by atoms with Crippen molar-refractivity contribution in [2.75, 3.05) is 0 Å². The predicted octanol–water partition coefficient (Wildman–Crippen LogP) is 6.72. The first-order valence-electron chi connectivity index (χ1n) is 7.02. The summed E-state index contributed by atoms with van der Waals surface area (Å²) in [7, 11) is 0. The van der Waals surface area contributed by atoms with Crippen LogP contribution in [0.4, 0.5) is 4.39 Å². The Balaban J connectivity index is 4.94. The molecule has 0 amide bonds. The molecule has 0 aliphatic heterocycles. The average molecular weight is 296 g/mol. The molecule has 0 aliphatic carbocycles. The largest absolute Gasteiger partial charge is 0.206 e. The second kappa shape index (κ2) is 9.51. The lowest BCUT2D eigenvalue weighted by molar-refractivity contribution is 0.655. The number of allylic oxidation sites excluding steroid dienone is 12. The Morgan fingerprint density at radius 2 is 1.36 bits per heavy atom. The van der Waals surface area contributed by atoms with Gasteiger partial charge < -0.3 is 0 Å². The number of halogens is 1. The molecular weight excluding hydrogens is 271 g/mol. The summed E-state index contributed by atoms with van der Waals surface area (Å²) in [5.74, 6) is -0.481. The minimum atomic E-state index is -0.481. The van der Waals surface area contributed by atoms with Crippen LogP contribution in [0.1, 0.15) is 20.3 Å². The first kappa shape index (κ1) is 19.6. The van der Waals surface area contributed by atoms with E-state index < -0.39 is 5.83 Å². The third-order valence-electron chi connectivity index (χ3n) is 2.93. The third kappa shape index (κ3) is 7.39. The van der Waals surface area contributed by atoms with Crippen LogP contribution in [-0.2, 0) is 0 Å². The number of hydrogen-bond acceptors (Lipinski definition) is 0. The van der Waals surface area contributed by atoms with Crippen molar-refractivity contribution in [2.24, 2.45) is 0 Å². The minimum absolute atomic E-state index is 0.216. The average Bonchev–Trinajstić information content (AvgIpc) is 2.48. The van der Waals surface area contributed by atoms with Crippen LogP contribution in [0.5, 0.6) is 0 Å². The molecule has 0 aliphatic rings. The number of rotatable bonds is 9. The van der Waals surface area contributed by atoms with Gasteiger partial charge in [0.1, 0.15) is 5.83 Å². The summed E-state index contributed by atoms with van der Waals surface area (Å²) in [5, 5.41) is 0. The maximum Gasteiger partial charge on any atom is 0.131 e. The lowest BCUT2D eigenvalue weighted by Crippen LogP contribution is -1.88. The molecular formula is C21H25F. The van der Waals surface area contributed by atoms with Crippen molar-refractivity contribution in [3.8, 4) is 0 Å². The van der Waals surface area contributed by atoms with Gasteiger partial charge in [-0.3, -0.25) is 0 Å². The Bertz CT molecular complexity index is 604. The van der Waals surface area contributed by atoms with Gasteiger partial charge in [-0.1, -0.05) is 81.8 Å². The molecule has 0 bridgehead atoms. The van der Waals surface area contributed by atoms with E-state index in [4.69, 9.17) is 0 Å². The van der Waals surface area contributed by atoms with E-state index in [0.717, 1.165) is 17.6 Å². The van der Waals surface area contributed by atoms with Gasteiger partial charge in [0.15, 0.2) is 0 Å². The van der Waals surface area contributed by atoms with E-state index in [1.807, 2.05) is 19.9 Å². The Morgan fingerprint density at radius 1 is 0.818 bits per heavy atom. The summed E-state index contributed by atoms with van der Waals surface area (Å²) in [6.07, 6.45) is 9.23. The van der Waals surface area contributed by atoms with Gasteiger partial charge in [-0.25, -0.2) is 4.39 Å². The van der Waals surface area contributed by atoms with Gasteiger partial charge in [0.05, 0.1) is 0 Å². The van der Waals surface area contributed by atoms with Crippen LogP contribution in [0.25, 0.3) is 0 Å². The van der Waals surface area contributed by atoms with Gasteiger partial charge in [-0.2, -0.15) is 0 Å². The molecule has 0 aromatic carbocycles. The normalized spacial score (nSPS) is 11.7. The summed E-state index contributed by atoms with van der Waals surface area (Å²) >= 11 is 0. The van der Waals surface area contributed by atoms with Gasteiger partial charge in [-0.05, 0) is 36.1 Å². The van der Waals surface area contributed by atoms with Crippen molar-refractivity contribution in [1.29, 1.82) is 0 Å². The first-order chi connectivity index (χ1) is 10.2. The fourth-order valence-electron chi connectivity index (χ4n) is 1.27. The van der Waals surface area contributed by atoms with Crippen molar-refractivity contribution in [3.05, 3.63) is 109 Å². The summed E-state index contributed by atoms with van der Waals surface area (Å²) in [6.45, 7) is 26.6. The van der Waals surface area contributed by atoms with E-state index in [-0.39, 0.29) is 5.57 Å². The SMILES string of the molecule is C=C(C)/C=C\C(=C)C(=C)/C(F)=C\C(=C)C(=C)/C=C\C(=C)CC. The van der Waals surface area contributed by atoms with E-state index in [0.29, 0.717) is 16.7 Å². The molecule has 0 aromatic heterocycles. The lowest BCUT2D eigenvalue weighted by Gasteiger charge is -2.05. The molecule has 116 valence electrons. The molecule has 0 N–H and O–H groups in total. The second-order valence-electron chi connectivity index (χ2n) is 5.07. The Kier molecular flexibility index (Phi) is 8.47. The molecule has 0 heterocycles. The van der Waals surface area contributed by atoms with E-state index in [9.17, 15) is 4.39 Å². The van der Waals surface area contributed by atoms with Crippen LogP contribution in [-0.4, -0.2) is 0 Å². The highest BCUT2D eigenvalue weighted by atomic mass is 19.1. The van der Waals surface area contributed by atoms with Crippen LogP contribution in [0.2, 0.25) is 0 Å². The second-order valence-corrected chi connectivity index (χ2v) is 5.07. The Labute approximate surface area is 134 Å². The maximum absolute atomic E-state index is 14.1. The smallest absolute Gasteiger partial charge is 0.131 e. The lowest BCUT2D eigenvalue weighted by atomic mass is 10.0. The van der Waals surface area contributed by atoms with Crippen molar-refractivity contribution >= 4 is 0 Å². The third-order valence-corrected chi connectivity index (χ3v) is 2.93. The highest BCUT2D eigenvalue weighted by molar-refractivity contribution is 5.52. The zero-order valence-corrected chi connectivity index (χ0v) is 13.7. The summed E-state index contributed by atoms with van der Waals surface area (Å²) in [6, 6.07) is 0. The highest BCUT2D eigenvalue weighted by Crippen LogP contribution is 2.22. The fraction of sp³-hybridized carbons (Fsp3) is 0.143. The molecule has 0 atom stereocenters. The molecule has 0 saturated heterocycles. The predicted molar refractivity (Wildman–Crippen MR) is 98.3 cm³/mol. The Morgan fingerprint density at radius 3 is 1.86 bits per heavy atom. The quantitative estimate of drug-likeness (QED) is 0.414. The monoisotopic (exact) mass is 296 g/mol. The molecule has 0 aromatic rings. The number of hydrogen-bond donors (Lipinski definition) is 0. The van der Waals surface area contributed by atoms with Crippen molar-refractivity contribution in [1.82, 2.24) is 0 Å². The van der Waals surface area contributed by atoms with Gasteiger partial charge in [0.25, 0.3) is 0 Å². The highest BCUT2D eigenvalue weighted by Gasteiger charge is 2.05. The minimum Gasteiger partial charge on any atom is -0.206 e. The van der Waals surface area contributed by atoms with Crippen molar-refractivity contribution in [3.63, 3.8) is 0 Å². The molecule has 0 spiro atoms. The summed E-state index contributed by atoms with van der Waals surface area (Å²) in [5.41, 5.74) is 3.65. The molecule has 1 heteroatoms. The molecule has 0 nitrogen and oxygen atoms in total. The van der Waals surface area contributed by atoms with Gasteiger partial charge in [-0.15, -0.1) is 0 Å². The molecule has 22 heavy (non-hydrogen) atoms. The van der Waals surface area contributed by atoms with Crippen molar-refractivity contribution < 1.29 is 4.39 Å². The van der Waals surface area contributed by atoms with E-state index >= 15 is 0 Å². The summed E-state index contributed by atoms with van der Waals surface area (Å²) < 4.78 is 14.1. The van der Waals surface area contributed by atoms with Gasteiger partial charge in [0.2, 0.25) is 0 Å². The summed E-state index contributed by atoms with van der Waals surface area (Å²) in [4.78, 5) is 0. The maximum atomic E-state index is 14.1. The van der Waals surface area contributed by atoms with Crippen LogP contribution in [0, 0.1) is 0 Å². The molecule has 0 saturated carbocycles. The van der Waals surface area contributed by atoms with Crippen LogP contribution in [0.3, 0.4) is 0 Å². The topological polar surface area (TPSA) is 0 Å². The zero-order chi connectivity index (χ0) is 17.3.